The third-order valence-corrected chi connectivity index (χ3v) is 8.15. The maximum atomic E-state index is 12.9. The van der Waals surface area contributed by atoms with Gasteiger partial charge in [0.1, 0.15) is 5.54 Å². The molecule has 0 aromatic heterocycles. The predicted molar refractivity (Wildman–Crippen MR) is 117 cm³/mol. The molecule has 0 spiro atoms. The van der Waals surface area contributed by atoms with E-state index >= 15 is 0 Å². The average Bonchev–Trinajstić information content (AvgIpc) is 3.25. The van der Waals surface area contributed by atoms with E-state index in [4.69, 9.17) is 14.6 Å². The van der Waals surface area contributed by atoms with Crippen LogP contribution >= 0.6 is 0 Å². The number of esters is 1. The summed E-state index contributed by atoms with van der Waals surface area (Å²) >= 11 is 0. The Labute approximate surface area is 217 Å². The summed E-state index contributed by atoms with van der Waals surface area (Å²) in [6.07, 6.45) is -9.70. The molecule has 0 aliphatic carbocycles. The first kappa shape index (κ1) is 32.0. The Kier molecular flexibility index (Phi) is 8.79. The molecule has 0 unspecified atom stereocenters. The number of carbonyl (C=O) groups excluding carboxylic acids is 3. The maximum Gasteiger partial charge on any atom is 0.490 e. The number of aliphatic carboxylic acids is 1. The van der Waals surface area contributed by atoms with E-state index in [0.717, 1.165) is 28.4 Å². The molecule has 39 heavy (non-hydrogen) atoms. The summed E-state index contributed by atoms with van der Waals surface area (Å²) in [6.45, 7) is 1.09. The fourth-order valence-electron chi connectivity index (χ4n) is 4.34. The van der Waals surface area contributed by atoms with E-state index in [9.17, 15) is 49.1 Å². The Balaban J connectivity index is 0.000000673. The molecule has 1 aromatic rings. The second-order valence-corrected chi connectivity index (χ2v) is 10.8. The van der Waals surface area contributed by atoms with Gasteiger partial charge < -0.3 is 9.84 Å². The van der Waals surface area contributed by atoms with Gasteiger partial charge in [-0.2, -0.15) is 30.6 Å². The van der Waals surface area contributed by atoms with Gasteiger partial charge in [-0.3, -0.25) is 24.6 Å². The molecule has 0 bridgehead atoms. The third kappa shape index (κ3) is 6.17. The summed E-state index contributed by atoms with van der Waals surface area (Å²) < 4.78 is 101. The smallest absolute Gasteiger partial charge is 0.475 e. The minimum Gasteiger partial charge on any atom is -0.475 e. The fourth-order valence-corrected chi connectivity index (χ4v) is 5.54. The quantitative estimate of drug-likeness (QED) is 0.292. The molecule has 11 nitrogen and oxygen atoms in total. The number of carbonyl (C=O) groups is 4. The molecule has 18 heteroatoms. The van der Waals surface area contributed by atoms with Crippen molar-refractivity contribution >= 4 is 33.8 Å². The number of alkyl halides is 6. The van der Waals surface area contributed by atoms with Gasteiger partial charge in [-0.15, -0.1) is 0 Å². The van der Waals surface area contributed by atoms with Crippen LogP contribution in [0.4, 0.5) is 26.3 Å². The van der Waals surface area contributed by atoms with Gasteiger partial charge in [0, 0.05) is 26.7 Å². The van der Waals surface area contributed by atoms with Crippen molar-refractivity contribution < 1.29 is 63.8 Å². The number of imide groups is 1. The van der Waals surface area contributed by atoms with Gasteiger partial charge in [-0.1, -0.05) is 0 Å². The van der Waals surface area contributed by atoms with Crippen LogP contribution in [0.5, 0.6) is 0 Å². The second kappa shape index (κ2) is 10.7. The van der Waals surface area contributed by atoms with Crippen molar-refractivity contribution in [1.29, 1.82) is 0 Å². The standard InChI is InChI=1S/C19H22F3N3O6S.C2HF3O2/c1-18(17(28)31-4)14-13(15(26)25(3)16(14)27)12(23-18)9-24(2)32(29,30)11-7-5-10(6-8-11)19(20,21)22;3-2(4,5)1(6)7/h5-8,12-14,23H,9H2,1-4H3;(H,6,7)/t12-,13+,14-,18-;/m1./s1. The van der Waals surface area contributed by atoms with Crippen LogP contribution in [0, 0.1) is 11.8 Å². The number of carboxylic acid groups (broad SMARTS) is 1. The zero-order valence-corrected chi connectivity index (χ0v) is 21.4. The zero-order chi connectivity index (χ0) is 30.3. The highest BCUT2D eigenvalue weighted by molar-refractivity contribution is 7.89. The van der Waals surface area contributed by atoms with E-state index < -0.39 is 75.1 Å². The minimum absolute atomic E-state index is 0.316. The van der Waals surface area contributed by atoms with Crippen LogP contribution in [0.15, 0.2) is 29.2 Å². The maximum absolute atomic E-state index is 12.9. The molecular formula is C21H23F6N3O8S. The van der Waals surface area contributed by atoms with E-state index in [-0.39, 0.29) is 11.4 Å². The number of methoxy groups -OCH3 is 1. The predicted octanol–water partition coefficient (Wildman–Crippen LogP) is 1.09. The van der Waals surface area contributed by atoms with Crippen LogP contribution < -0.4 is 5.32 Å². The SMILES string of the molecule is COC(=O)[C@]1(C)N[C@H](CN(C)S(=O)(=O)c2ccc(C(F)(F)F)cc2)[C@@H]2C(=O)N(C)C(=O)[C@@H]21.O=C(O)C(F)(F)F. The summed E-state index contributed by atoms with van der Waals surface area (Å²) in [5.41, 5.74) is -2.55. The molecular weight excluding hydrogens is 568 g/mol. The monoisotopic (exact) mass is 591 g/mol. The number of fused-ring (bicyclic) bond motifs is 1. The van der Waals surface area contributed by atoms with Gasteiger partial charge in [0.25, 0.3) is 0 Å². The number of sulfonamides is 1. The van der Waals surface area contributed by atoms with Crippen molar-refractivity contribution in [3.05, 3.63) is 29.8 Å². The first-order chi connectivity index (χ1) is 17.6. The van der Waals surface area contributed by atoms with Crippen LogP contribution in [0.3, 0.4) is 0 Å². The highest BCUT2D eigenvalue weighted by Crippen LogP contribution is 2.43. The number of hydrogen-bond acceptors (Lipinski definition) is 8. The number of nitrogens with one attached hydrogen (secondary N) is 1. The Morgan fingerprint density at radius 1 is 1.10 bits per heavy atom. The second-order valence-electron chi connectivity index (χ2n) is 8.79. The number of rotatable bonds is 5. The number of halogens is 6. The molecule has 2 amide bonds. The highest BCUT2D eigenvalue weighted by atomic mass is 32.2. The first-order valence-corrected chi connectivity index (χ1v) is 12.2. The number of ether oxygens (including phenoxy) is 1. The van der Waals surface area contributed by atoms with E-state index in [1.807, 2.05) is 0 Å². The summed E-state index contributed by atoms with van der Waals surface area (Å²) in [5.74, 6) is -6.78. The topological polar surface area (TPSA) is 150 Å². The Morgan fingerprint density at radius 3 is 2.00 bits per heavy atom. The lowest BCUT2D eigenvalue weighted by Gasteiger charge is -2.29. The van der Waals surface area contributed by atoms with Gasteiger partial charge in [0.2, 0.25) is 21.8 Å². The summed E-state index contributed by atoms with van der Waals surface area (Å²) in [5, 5.41) is 10.0. The van der Waals surface area contributed by atoms with E-state index in [2.05, 4.69) is 5.32 Å². The number of nitrogens with zero attached hydrogens (tertiary/aromatic N) is 2. The lowest BCUT2D eigenvalue weighted by atomic mass is 9.81. The summed E-state index contributed by atoms with van der Waals surface area (Å²) in [7, 11) is -0.621. The summed E-state index contributed by atoms with van der Waals surface area (Å²) in [4.78, 5) is 47.1. The van der Waals surface area contributed by atoms with Crippen LogP contribution in [-0.4, -0.2) is 92.0 Å². The van der Waals surface area contributed by atoms with Gasteiger partial charge >= 0.3 is 24.3 Å². The van der Waals surface area contributed by atoms with Crippen LogP contribution in [0.1, 0.15) is 12.5 Å². The largest absolute Gasteiger partial charge is 0.490 e. The molecule has 2 fully saturated rings. The summed E-state index contributed by atoms with van der Waals surface area (Å²) in [6, 6.07) is 2.09. The third-order valence-electron chi connectivity index (χ3n) is 6.31. The molecule has 2 saturated heterocycles. The number of hydrogen-bond donors (Lipinski definition) is 2. The highest BCUT2D eigenvalue weighted by Gasteiger charge is 2.66. The molecule has 0 radical (unpaired) electrons. The van der Waals surface area contributed by atoms with Crippen molar-refractivity contribution in [2.24, 2.45) is 11.8 Å². The zero-order valence-electron chi connectivity index (χ0n) is 20.6. The van der Waals surface area contributed by atoms with Crippen LogP contribution in [-0.2, 0) is 40.1 Å². The normalized spacial score (nSPS) is 25.3. The number of likely N-dealkylation sites (N-methyl/N-ethyl adjacent to an activating group) is 1. The minimum atomic E-state index is -5.08. The lowest BCUT2D eigenvalue weighted by molar-refractivity contribution is -0.192. The van der Waals surface area contributed by atoms with Gasteiger partial charge in [-0.25, -0.2) is 13.2 Å². The molecule has 2 aliphatic heterocycles. The van der Waals surface area contributed by atoms with Gasteiger partial charge in [0.15, 0.2) is 0 Å². The lowest BCUT2D eigenvalue weighted by Crippen LogP contribution is -2.56. The van der Waals surface area contributed by atoms with Gasteiger partial charge in [0.05, 0.1) is 29.4 Å². The number of benzene rings is 1. The average molecular weight is 591 g/mol. The first-order valence-electron chi connectivity index (χ1n) is 10.7. The molecule has 1 aromatic carbocycles. The van der Waals surface area contributed by atoms with Crippen molar-refractivity contribution in [3.8, 4) is 0 Å². The molecule has 218 valence electrons. The number of amides is 2. The van der Waals surface area contributed by atoms with Crippen molar-refractivity contribution in [2.45, 2.75) is 35.8 Å². The van der Waals surface area contributed by atoms with Crippen molar-refractivity contribution in [2.75, 3.05) is 27.7 Å². The number of likely N-dealkylation sites (tertiary alicyclic amines) is 1. The molecule has 0 saturated carbocycles. The number of carboxylic acids is 1. The Bertz CT molecular complexity index is 1250. The molecule has 3 rings (SSSR count). The Morgan fingerprint density at radius 2 is 1.59 bits per heavy atom. The van der Waals surface area contributed by atoms with Gasteiger partial charge in [-0.05, 0) is 31.2 Å². The van der Waals surface area contributed by atoms with E-state index in [1.54, 1.807) is 0 Å². The molecule has 2 N–H and O–H groups in total. The van der Waals surface area contributed by atoms with Crippen molar-refractivity contribution in [1.82, 2.24) is 14.5 Å². The molecule has 4 atom stereocenters. The van der Waals surface area contributed by atoms with Crippen LogP contribution in [0.25, 0.3) is 0 Å². The van der Waals surface area contributed by atoms with Crippen molar-refractivity contribution in [3.63, 3.8) is 0 Å². The molecule has 2 heterocycles. The van der Waals surface area contributed by atoms with E-state index in [0.29, 0.717) is 12.1 Å². The van der Waals surface area contributed by atoms with E-state index in [1.165, 1.54) is 21.0 Å². The Hall–Kier alpha value is -3.25. The fraction of sp³-hybridized carbons (Fsp3) is 0.524. The molecule has 2 aliphatic rings. The van der Waals surface area contributed by atoms with Crippen LogP contribution in [0.2, 0.25) is 0 Å².